The number of aromatic nitrogens is 1. The molecule has 3 rings (SSSR count). The quantitative estimate of drug-likeness (QED) is 0.694. The van der Waals surface area contributed by atoms with Gasteiger partial charge < -0.3 is 4.74 Å². The third-order valence-corrected chi connectivity index (χ3v) is 3.31. The Hall–Kier alpha value is -2.61. The Kier molecular flexibility index (Phi) is 4.27. The summed E-state index contributed by atoms with van der Waals surface area (Å²) in [6.45, 7) is 0.541. The minimum atomic E-state index is 0.541. The molecule has 0 bridgehead atoms. The molecule has 0 spiro atoms. The average molecular weight is 275 g/mol. The van der Waals surface area contributed by atoms with Crippen molar-refractivity contribution >= 4 is 0 Å². The fourth-order valence-corrected chi connectivity index (χ4v) is 2.23. The van der Waals surface area contributed by atoms with Crippen LogP contribution in [0.25, 0.3) is 0 Å². The van der Waals surface area contributed by atoms with Crippen LogP contribution in [-0.2, 0) is 13.0 Å². The van der Waals surface area contributed by atoms with Crippen LogP contribution in [-0.4, -0.2) is 4.98 Å². The molecule has 0 radical (unpaired) electrons. The molecule has 0 aliphatic heterocycles. The van der Waals surface area contributed by atoms with Crippen LogP contribution in [0.2, 0.25) is 0 Å². The maximum atomic E-state index is 5.88. The van der Waals surface area contributed by atoms with Crippen molar-refractivity contribution in [3.05, 3.63) is 95.7 Å². The molecule has 0 amide bonds. The van der Waals surface area contributed by atoms with E-state index in [1.807, 2.05) is 30.3 Å². The van der Waals surface area contributed by atoms with Gasteiger partial charge in [0.2, 0.25) is 5.88 Å². The zero-order valence-electron chi connectivity index (χ0n) is 11.8. The second kappa shape index (κ2) is 6.71. The van der Waals surface area contributed by atoms with Gasteiger partial charge in [0.05, 0.1) is 0 Å². The van der Waals surface area contributed by atoms with E-state index < -0.39 is 0 Å². The minimum absolute atomic E-state index is 0.541. The first-order valence-electron chi connectivity index (χ1n) is 7.06. The van der Waals surface area contributed by atoms with Gasteiger partial charge in [-0.1, -0.05) is 66.7 Å². The van der Waals surface area contributed by atoms with Crippen molar-refractivity contribution in [3.63, 3.8) is 0 Å². The predicted octanol–water partition coefficient (Wildman–Crippen LogP) is 4.25. The summed E-state index contributed by atoms with van der Waals surface area (Å²) in [5, 5.41) is 0. The normalized spacial score (nSPS) is 10.3. The Balaban J connectivity index is 1.73. The van der Waals surface area contributed by atoms with Crippen molar-refractivity contribution in [2.24, 2.45) is 0 Å². The molecular formula is C19H17NO. The Morgan fingerprint density at radius 3 is 2.10 bits per heavy atom. The lowest BCUT2D eigenvalue weighted by atomic mass is 10.1. The van der Waals surface area contributed by atoms with E-state index in [1.165, 1.54) is 5.56 Å². The number of nitrogens with zero attached hydrogens (tertiary/aromatic N) is 1. The molecule has 0 unspecified atom stereocenters. The second-order valence-electron chi connectivity index (χ2n) is 4.90. The van der Waals surface area contributed by atoms with Crippen LogP contribution in [0.5, 0.6) is 5.88 Å². The van der Waals surface area contributed by atoms with Gasteiger partial charge in [-0.15, -0.1) is 0 Å². The molecule has 1 heterocycles. The van der Waals surface area contributed by atoms with E-state index in [-0.39, 0.29) is 0 Å². The molecule has 104 valence electrons. The summed E-state index contributed by atoms with van der Waals surface area (Å²) in [7, 11) is 0. The summed E-state index contributed by atoms with van der Waals surface area (Å²) < 4.78 is 5.88. The van der Waals surface area contributed by atoms with Gasteiger partial charge in [-0.3, -0.25) is 0 Å². The highest BCUT2D eigenvalue weighted by Gasteiger charge is 2.06. The summed E-state index contributed by atoms with van der Waals surface area (Å²) in [6.07, 6.45) is 2.60. The predicted molar refractivity (Wildman–Crippen MR) is 84.3 cm³/mol. The number of hydrogen-bond acceptors (Lipinski definition) is 2. The summed E-state index contributed by atoms with van der Waals surface area (Å²) in [5.41, 5.74) is 3.52. The number of rotatable bonds is 5. The van der Waals surface area contributed by atoms with Gasteiger partial charge >= 0.3 is 0 Å². The SMILES string of the molecule is c1ccc(COc2ncccc2Cc2ccccc2)cc1. The van der Waals surface area contributed by atoms with E-state index in [0.717, 1.165) is 17.5 Å². The summed E-state index contributed by atoms with van der Waals surface area (Å²) in [4.78, 5) is 4.37. The lowest BCUT2D eigenvalue weighted by Crippen LogP contribution is -2.01. The van der Waals surface area contributed by atoms with Gasteiger partial charge in [0.15, 0.2) is 0 Å². The molecule has 0 aliphatic rings. The minimum Gasteiger partial charge on any atom is -0.473 e. The first-order valence-corrected chi connectivity index (χ1v) is 7.06. The van der Waals surface area contributed by atoms with Crippen molar-refractivity contribution in [2.75, 3.05) is 0 Å². The molecule has 2 aromatic carbocycles. The van der Waals surface area contributed by atoms with E-state index >= 15 is 0 Å². The van der Waals surface area contributed by atoms with E-state index in [9.17, 15) is 0 Å². The van der Waals surface area contributed by atoms with Gasteiger partial charge in [0, 0.05) is 18.2 Å². The summed E-state index contributed by atoms with van der Waals surface area (Å²) in [6, 6.07) is 24.5. The molecule has 1 aromatic heterocycles. The van der Waals surface area contributed by atoms with Gasteiger partial charge in [-0.05, 0) is 17.2 Å². The van der Waals surface area contributed by atoms with Crippen LogP contribution in [0.1, 0.15) is 16.7 Å². The first kappa shape index (κ1) is 13.4. The van der Waals surface area contributed by atoms with E-state index in [4.69, 9.17) is 4.74 Å². The van der Waals surface area contributed by atoms with Crippen LogP contribution in [0.15, 0.2) is 79.0 Å². The van der Waals surface area contributed by atoms with Crippen LogP contribution in [0.4, 0.5) is 0 Å². The number of ether oxygens (including phenoxy) is 1. The van der Waals surface area contributed by atoms with Crippen molar-refractivity contribution in [1.29, 1.82) is 0 Å². The highest BCUT2D eigenvalue weighted by molar-refractivity contribution is 5.32. The maximum absolute atomic E-state index is 5.88. The molecule has 0 saturated carbocycles. The standard InChI is InChI=1S/C19H17NO/c1-3-8-16(9-4-1)14-18-12-7-13-20-19(18)21-15-17-10-5-2-6-11-17/h1-13H,14-15H2. The highest BCUT2D eigenvalue weighted by Crippen LogP contribution is 2.19. The second-order valence-corrected chi connectivity index (χ2v) is 4.90. The fourth-order valence-electron chi connectivity index (χ4n) is 2.23. The monoisotopic (exact) mass is 275 g/mol. The van der Waals surface area contributed by atoms with E-state index in [2.05, 4.69) is 47.4 Å². The largest absolute Gasteiger partial charge is 0.473 e. The molecule has 3 aromatic rings. The van der Waals surface area contributed by atoms with Crippen molar-refractivity contribution in [3.8, 4) is 5.88 Å². The van der Waals surface area contributed by atoms with Crippen LogP contribution in [0, 0.1) is 0 Å². The zero-order chi connectivity index (χ0) is 14.3. The summed E-state index contributed by atoms with van der Waals surface area (Å²) >= 11 is 0. The maximum Gasteiger partial charge on any atom is 0.217 e. The van der Waals surface area contributed by atoms with Gasteiger partial charge in [-0.25, -0.2) is 4.98 Å². The highest BCUT2D eigenvalue weighted by atomic mass is 16.5. The Morgan fingerprint density at radius 2 is 1.38 bits per heavy atom. The van der Waals surface area contributed by atoms with E-state index in [0.29, 0.717) is 12.5 Å². The third-order valence-electron chi connectivity index (χ3n) is 3.31. The van der Waals surface area contributed by atoms with Crippen molar-refractivity contribution < 1.29 is 4.74 Å². The smallest absolute Gasteiger partial charge is 0.217 e. The number of hydrogen-bond donors (Lipinski definition) is 0. The third kappa shape index (κ3) is 3.69. The Labute approximate surface area is 125 Å². The molecule has 0 atom stereocenters. The van der Waals surface area contributed by atoms with Crippen molar-refractivity contribution in [2.45, 2.75) is 13.0 Å². The molecule has 0 aliphatic carbocycles. The molecule has 0 saturated heterocycles. The lowest BCUT2D eigenvalue weighted by molar-refractivity contribution is 0.291. The topological polar surface area (TPSA) is 22.1 Å². The van der Waals surface area contributed by atoms with Gasteiger partial charge in [0.25, 0.3) is 0 Å². The molecule has 21 heavy (non-hydrogen) atoms. The molecule has 2 nitrogen and oxygen atoms in total. The zero-order valence-corrected chi connectivity index (χ0v) is 11.8. The average Bonchev–Trinajstić information content (AvgIpc) is 2.56. The van der Waals surface area contributed by atoms with Crippen LogP contribution in [0.3, 0.4) is 0 Å². The summed E-state index contributed by atoms with van der Waals surface area (Å²) in [5.74, 6) is 0.713. The first-order chi connectivity index (χ1) is 10.4. The fraction of sp³-hybridized carbons (Fsp3) is 0.105. The van der Waals surface area contributed by atoms with Crippen LogP contribution < -0.4 is 4.74 Å². The molecule has 2 heteroatoms. The number of pyridine rings is 1. The molecule has 0 N–H and O–H groups in total. The van der Waals surface area contributed by atoms with Gasteiger partial charge in [-0.2, -0.15) is 0 Å². The van der Waals surface area contributed by atoms with E-state index in [1.54, 1.807) is 6.20 Å². The Morgan fingerprint density at radius 1 is 0.714 bits per heavy atom. The molecular weight excluding hydrogens is 258 g/mol. The van der Waals surface area contributed by atoms with Crippen molar-refractivity contribution in [1.82, 2.24) is 4.98 Å². The van der Waals surface area contributed by atoms with Crippen LogP contribution >= 0.6 is 0 Å². The lowest BCUT2D eigenvalue weighted by Gasteiger charge is -2.10. The Bertz CT molecular complexity index is 680. The number of benzene rings is 2. The van der Waals surface area contributed by atoms with Gasteiger partial charge in [0.1, 0.15) is 6.61 Å². The molecule has 0 fully saturated rings.